The van der Waals surface area contributed by atoms with Gasteiger partial charge in [0, 0.05) is 42.0 Å². The van der Waals surface area contributed by atoms with Crippen molar-refractivity contribution in [2.24, 2.45) is 5.92 Å². The molecule has 1 aliphatic carbocycles. The van der Waals surface area contributed by atoms with Crippen LogP contribution in [0, 0.1) is 12.8 Å². The monoisotopic (exact) mass is 427 g/mol. The summed E-state index contributed by atoms with van der Waals surface area (Å²) in [4.78, 5) is 31.1. The second kappa shape index (κ2) is 9.04. The third kappa shape index (κ3) is 4.93. The average molecular weight is 428 g/mol. The summed E-state index contributed by atoms with van der Waals surface area (Å²) in [5, 5.41) is 3.77. The molecule has 1 unspecified atom stereocenters. The Morgan fingerprint density at radius 2 is 1.87 bits per heavy atom. The number of rotatable bonds is 5. The summed E-state index contributed by atoms with van der Waals surface area (Å²) in [6.07, 6.45) is 5.65. The first-order valence-electron chi connectivity index (χ1n) is 10.4. The number of carbonyl (C=O) groups excluding carboxylic acids is 2. The molecule has 1 N–H and O–H groups in total. The van der Waals surface area contributed by atoms with Crippen LogP contribution >= 0.6 is 11.6 Å². The second-order valence-corrected chi connectivity index (χ2v) is 8.59. The van der Waals surface area contributed by atoms with Crippen LogP contribution in [0.3, 0.4) is 0 Å². The number of ether oxygens (including phenoxy) is 1. The molecule has 1 aromatic carbocycles. The Kier molecular flexibility index (Phi) is 6.23. The summed E-state index contributed by atoms with van der Waals surface area (Å²) >= 11 is 5.92. The number of pyridine rings is 1. The highest BCUT2D eigenvalue weighted by atomic mass is 35.5. The Labute approximate surface area is 181 Å². The molecule has 2 amide bonds. The van der Waals surface area contributed by atoms with Gasteiger partial charge in [-0.1, -0.05) is 17.7 Å². The lowest BCUT2D eigenvalue weighted by molar-refractivity contribution is -0.127. The van der Waals surface area contributed by atoms with Gasteiger partial charge in [0.25, 0.3) is 0 Å². The van der Waals surface area contributed by atoms with E-state index in [0.29, 0.717) is 17.4 Å². The number of carbonyl (C=O) groups is 2. The Morgan fingerprint density at radius 3 is 2.53 bits per heavy atom. The van der Waals surface area contributed by atoms with Gasteiger partial charge in [0.05, 0.1) is 5.92 Å². The quantitative estimate of drug-likeness (QED) is 0.785. The molecule has 2 fully saturated rings. The fraction of sp³-hybridized carbons (Fsp3) is 0.435. The number of nitrogens with one attached hydrogen (secondary N) is 1. The lowest BCUT2D eigenvalue weighted by Crippen LogP contribution is -2.43. The van der Waals surface area contributed by atoms with E-state index in [1.807, 2.05) is 31.2 Å². The zero-order valence-corrected chi connectivity index (χ0v) is 17.8. The van der Waals surface area contributed by atoms with Crippen molar-refractivity contribution in [2.75, 3.05) is 11.4 Å². The van der Waals surface area contributed by atoms with Gasteiger partial charge < -0.3 is 15.0 Å². The molecule has 6 nitrogen and oxygen atoms in total. The summed E-state index contributed by atoms with van der Waals surface area (Å²) < 4.78 is 5.96. The summed E-state index contributed by atoms with van der Waals surface area (Å²) in [6.45, 7) is 2.40. The SMILES string of the molecule is Cc1ccc(OC2CCC(NC(=O)C3CC(=O)N(c4ccc(Cl)cc4)C3)CC2)nc1. The summed E-state index contributed by atoms with van der Waals surface area (Å²) in [6, 6.07) is 11.1. The molecule has 2 aliphatic rings. The van der Waals surface area contributed by atoms with Gasteiger partial charge in [-0.3, -0.25) is 9.59 Å². The Bertz CT molecular complexity index is 893. The van der Waals surface area contributed by atoms with E-state index >= 15 is 0 Å². The van der Waals surface area contributed by atoms with Gasteiger partial charge in [0.2, 0.25) is 17.7 Å². The fourth-order valence-corrected chi connectivity index (χ4v) is 4.22. The van der Waals surface area contributed by atoms with Gasteiger partial charge in [-0.05, 0) is 62.4 Å². The lowest BCUT2D eigenvalue weighted by atomic mass is 9.92. The van der Waals surface area contributed by atoms with Gasteiger partial charge in [0.15, 0.2) is 0 Å². The molecule has 0 spiro atoms. The maximum Gasteiger partial charge on any atom is 0.227 e. The minimum absolute atomic E-state index is 0.0276. The van der Waals surface area contributed by atoms with Gasteiger partial charge in [0.1, 0.15) is 6.10 Å². The molecule has 2 heterocycles. The molecule has 30 heavy (non-hydrogen) atoms. The normalized spacial score (nSPS) is 24.0. The molecular weight excluding hydrogens is 402 g/mol. The topological polar surface area (TPSA) is 71.5 Å². The van der Waals surface area contributed by atoms with Crippen molar-refractivity contribution in [1.82, 2.24) is 10.3 Å². The Morgan fingerprint density at radius 1 is 1.13 bits per heavy atom. The molecule has 0 bridgehead atoms. The first kappa shape index (κ1) is 20.7. The lowest BCUT2D eigenvalue weighted by Gasteiger charge is -2.29. The molecule has 1 atom stereocenters. The van der Waals surface area contributed by atoms with Crippen LogP contribution in [-0.4, -0.2) is 35.5 Å². The number of anilines is 1. The number of amides is 2. The highest BCUT2D eigenvalue weighted by Gasteiger charge is 2.36. The minimum Gasteiger partial charge on any atom is -0.474 e. The van der Waals surface area contributed by atoms with Crippen LogP contribution in [0.4, 0.5) is 5.69 Å². The molecule has 7 heteroatoms. The zero-order chi connectivity index (χ0) is 21.1. The van der Waals surface area contributed by atoms with Crippen LogP contribution < -0.4 is 15.0 Å². The third-order valence-electron chi connectivity index (χ3n) is 5.83. The summed E-state index contributed by atoms with van der Waals surface area (Å²) in [5.41, 5.74) is 1.89. The first-order valence-corrected chi connectivity index (χ1v) is 10.8. The number of halogens is 1. The van der Waals surface area contributed by atoms with Crippen molar-refractivity contribution < 1.29 is 14.3 Å². The predicted octanol–water partition coefficient (Wildman–Crippen LogP) is 3.90. The maximum absolute atomic E-state index is 12.7. The van der Waals surface area contributed by atoms with Gasteiger partial charge in [-0.2, -0.15) is 0 Å². The minimum atomic E-state index is -0.320. The van der Waals surface area contributed by atoms with Gasteiger partial charge >= 0.3 is 0 Å². The van der Waals surface area contributed by atoms with E-state index < -0.39 is 0 Å². The Balaban J connectivity index is 1.25. The highest BCUT2D eigenvalue weighted by molar-refractivity contribution is 6.30. The summed E-state index contributed by atoms with van der Waals surface area (Å²) in [5.74, 6) is 0.267. The number of hydrogen-bond donors (Lipinski definition) is 1. The van der Waals surface area contributed by atoms with Crippen molar-refractivity contribution >= 4 is 29.1 Å². The van der Waals surface area contributed by atoms with E-state index in [4.69, 9.17) is 16.3 Å². The van der Waals surface area contributed by atoms with E-state index in [0.717, 1.165) is 36.9 Å². The Hall–Kier alpha value is -2.60. The number of benzene rings is 1. The van der Waals surface area contributed by atoms with Crippen LogP contribution in [0.2, 0.25) is 5.02 Å². The maximum atomic E-state index is 12.7. The van der Waals surface area contributed by atoms with E-state index in [1.54, 1.807) is 23.2 Å². The third-order valence-corrected chi connectivity index (χ3v) is 6.08. The fourth-order valence-electron chi connectivity index (χ4n) is 4.09. The van der Waals surface area contributed by atoms with E-state index in [-0.39, 0.29) is 36.3 Å². The molecule has 1 saturated carbocycles. The van der Waals surface area contributed by atoms with E-state index in [1.165, 1.54) is 0 Å². The predicted molar refractivity (Wildman–Crippen MR) is 116 cm³/mol. The van der Waals surface area contributed by atoms with Crippen LogP contribution in [0.5, 0.6) is 5.88 Å². The standard InChI is InChI=1S/C23H26ClN3O3/c1-15-2-11-21(25-13-15)30-20-9-5-18(6-10-20)26-23(29)16-12-22(28)27(14-16)19-7-3-17(24)4-8-19/h2-4,7-8,11,13,16,18,20H,5-6,9-10,12,14H2,1H3,(H,26,29). The van der Waals surface area contributed by atoms with E-state index in [2.05, 4.69) is 10.3 Å². The van der Waals surface area contributed by atoms with Crippen molar-refractivity contribution in [3.63, 3.8) is 0 Å². The average Bonchev–Trinajstić information content (AvgIpc) is 3.13. The van der Waals surface area contributed by atoms with E-state index in [9.17, 15) is 9.59 Å². The van der Waals surface area contributed by atoms with Gasteiger partial charge in [-0.15, -0.1) is 0 Å². The second-order valence-electron chi connectivity index (χ2n) is 8.16. The highest BCUT2D eigenvalue weighted by Crippen LogP contribution is 2.28. The zero-order valence-electron chi connectivity index (χ0n) is 17.0. The van der Waals surface area contributed by atoms with Crippen LogP contribution in [0.1, 0.15) is 37.7 Å². The smallest absolute Gasteiger partial charge is 0.227 e. The molecule has 1 saturated heterocycles. The van der Waals surface area contributed by atoms with Crippen molar-refractivity contribution in [2.45, 2.75) is 51.2 Å². The molecule has 1 aromatic heterocycles. The van der Waals surface area contributed by atoms with Crippen LogP contribution in [-0.2, 0) is 9.59 Å². The molecular formula is C23H26ClN3O3. The van der Waals surface area contributed by atoms with Crippen LogP contribution in [0.25, 0.3) is 0 Å². The molecule has 158 valence electrons. The number of nitrogens with zero attached hydrogens (tertiary/aromatic N) is 2. The number of aryl methyl sites for hydroxylation is 1. The van der Waals surface area contributed by atoms with Crippen LogP contribution in [0.15, 0.2) is 42.6 Å². The summed E-state index contributed by atoms with van der Waals surface area (Å²) in [7, 11) is 0. The molecule has 1 aliphatic heterocycles. The van der Waals surface area contributed by atoms with Gasteiger partial charge in [-0.25, -0.2) is 4.98 Å². The van der Waals surface area contributed by atoms with Crippen molar-refractivity contribution in [1.29, 1.82) is 0 Å². The largest absolute Gasteiger partial charge is 0.474 e. The molecule has 4 rings (SSSR count). The number of hydrogen-bond acceptors (Lipinski definition) is 4. The molecule has 0 radical (unpaired) electrons. The van der Waals surface area contributed by atoms with Crippen molar-refractivity contribution in [3.8, 4) is 5.88 Å². The number of aromatic nitrogens is 1. The first-order chi connectivity index (χ1) is 14.5. The van der Waals surface area contributed by atoms with Crippen molar-refractivity contribution in [3.05, 3.63) is 53.2 Å². The molecule has 2 aromatic rings.